The standard InChI is InChI=1S/C77H99ClF3N9O13S4/c1-52(54-14-16-56(17-15-54)70-53(2)82-51-105-70)83-73(94)67-44-62(91)48-90(67)74(95)71(75(3,4)5)85-69(92)49-103-43-42-102-41-40-101-39-38-100-37-36-87(8)31-29-60(50-104-63-12-10-9-11-13-63)84-66-27-26-64(45-68(66)106(96,97)77(79,80)81)107(98,99)86-72(93)57-20-24-61(25-21-57)89-34-32-88(33-35-89)47-58-46-76(6,7)30-28-65(58)55-18-22-59(78)23-19-55/h9-27,45,51-52,60,62,67,71,84,91H,28-44,46-50H2,1-8H3,(H,83,94)(H,85,92)(H,86,93). The molecule has 5 atom stereocenters. The Labute approximate surface area is 639 Å². The van der Waals surface area contributed by atoms with E-state index in [2.05, 4.69) is 56.7 Å². The van der Waals surface area contributed by atoms with E-state index in [1.807, 2.05) is 97.2 Å². The number of piperazine rings is 1. The molecule has 30 heteroatoms. The van der Waals surface area contributed by atoms with Crippen LogP contribution >= 0.6 is 34.7 Å². The number of rotatable bonds is 36. The number of aliphatic hydroxyl groups excluding tert-OH is 1. The van der Waals surface area contributed by atoms with Crippen molar-refractivity contribution in [3.8, 4) is 10.4 Å². The number of benzene rings is 5. The Hall–Kier alpha value is -7.00. The highest BCUT2D eigenvalue weighted by Gasteiger charge is 2.49. The molecule has 5 aromatic carbocycles. The van der Waals surface area contributed by atoms with Gasteiger partial charge in [-0.2, -0.15) is 13.2 Å². The summed E-state index contributed by atoms with van der Waals surface area (Å²) in [7, 11) is -9.27. The normalized spacial score (nSPS) is 17.6. The van der Waals surface area contributed by atoms with Crippen LogP contribution in [-0.2, 0) is 53.2 Å². The van der Waals surface area contributed by atoms with Gasteiger partial charge >= 0.3 is 5.51 Å². The Bertz CT molecular complexity index is 4220. The number of sulfonamides is 1. The number of thiazole rings is 1. The van der Waals surface area contributed by atoms with Gasteiger partial charge in [-0.25, -0.2) is 26.5 Å². The van der Waals surface area contributed by atoms with Crippen LogP contribution in [-0.4, -0.2) is 213 Å². The van der Waals surface area contributed by atoms with Gasteiger partial charge in [-0.15, -0.1) is 23.1 Å². The highest BCUT2D eigenvalue weighted by molar-refractivity contribution is 7.99. The third-order valence-corrected chi connectivity index (χ3v) is 24.4. The lowest BCUT2D eigenvalue weighted by Crippen LogP contribution is -2.58. The molecule has 582 valence electrons. The van der Waals surface area contributed by atoms with E-state index in [-0.39, 0.29) is 75.9 Å². The average molecular weight is 1580 g/mol. The molecule has 0 bridgehead atoms. The molecule has 5 unspecified atom stereocenters. The van der Waals surface area contributed by atoms with E-state index in [0.717, 1.165) is 83.3 Å². The van der Waals surface area contributed by atoms with E-state index in [0.29, 0.717) is 50.3 Å². The van der Waals surface area contributed by atoms with Gasteiger partial charge in [-0.05, 0) is 153 Å². The number of aliphatic hydroxyl groups is 1. The molecule has 1 aromatic heterocycles. The quantitative estimate of drug-likeness (QED) is 0.0181. The van der Waals surface area contributed by atoms with Crippen LogP contribution in [0.4, 0.5) is 24.5 Å². The summed E-state index contributed by atoms with van der Waals surface area (Å²) in [4.78, 5) is 66.5. The van der Waals surface area contributed by atoms with Crippen molar-refractivity contribution in [2.75, 3.05) is 128 Å². The average Bonchev–Trinajstić information content (AvgIpc) is 1.21. The van der Waals surface area contributed by atoms with E-state index in [1.54, 1.807) is 49.8 Å². The number of ether oxygens (including phenoxy) is 4. The molecule has 2 fully saturated rings. The van der Waals surface area contributed by atoms with Crippen molar-refractivity contribution in [3.63, 3.8) is 0 Å². The first-order chi connectivity index (χ1) is 50.7. The molecule has 1 aliphatic carbocycles. The predicted octanol–water partition coefficient (Wildman–Crippen LogP) is 11.3. The number of alkyl halides is 3. The summed E-state index contributed by atoms with van der Waals surface area (Å²) in [5, 5.41) is 20.2. The van der Waals surface area contributed by atoms with Crippen LogP contribution in [0.1, 0.15) is 107 Å². The first-order valence-corrected chi connectivity index (χ1v) is 41.1. The van der Waals surface area contributed by atoms with Gasteiger partial charge in [0.1, 0.15) is 23.6 Å². The molecule has 5 N–H and O–H groups in total. The van der Waals surface area contributed by atoms with E-state index in [4.69, 9.17) is 30.5 Å². The van der Waals surface area contributed by atoms with Gasteiger partial charge in [0, 0.05) is 85.2 Å². The van der Waals surface area contributed by atoms with Crippen LogP contribution < -0.4 is 25.6 Å². The fourth-order valence-electron chi connectivity index (χ4n) is 13.1. The van der Waals surface area contributed by atoms with E-state index in [9.17, 15) is 54.3 Å². The summed E-state index contributed by atoms with van der Waals surface area (Å²) in [5.41, 5.74) is 2.53. The Morgan fingerprint density at radius 3 is 2.07 bits per heavy atom. The predicted molar refractivity (Wildman–Crippen MR) is 412 cm³/mol. The number of hydrogen-bond acceptors (Lipinski definition) is 20. The number of halogens is 4. The summed E-state index contributed by atoms with van der Waals surface area (Å²) in [6.07, 6.45) is 2.51. The van der Waals surface area contributed by atoms with Crippen molar-refractivity contribution in [1.82, 2.24) is 35.0 Å². The molecule has 0 saturated carbocycles. The van der Waals surface area contributed by atoms with Gasteiger partial charge in [-0.3, -0.25) is 24.1 Å². The second-order valence-electron chi connectivity index (χ2n) is 29.1. The SMILES string of the molecule is Cc1ncsc1-c1ccc(C(C)NC(=O)C2CC(O)CN2C(=O)C(NC(=O)COCCOCCOCCOCCN(C)CCC(CSc2ccccc2)Nc2ccc(S(=O)(=O)NC(=O)c3ccc(N4CCN(CC5=C(c6ccc(Cl)cc6)CCC(C)(C)C5)CC4)cc3)cc2S(=O)(=O)C(F)(F)F)C(C)(C)C)cc1. The summed E-state index contributed by atoms with van der Waals surface area (Å²) >= 11 is 9.16. The van der Waals surface area contributed by atoms with Gasteiger partial charge in [0.25, 0.3) is 25.8 Å². The first-order valence-electron chi connectivity index (χ1n) is 35.8. The number of allylic oxidation sites excluding steroid dienone is 1. The van der Waals surface area contributed by atoms with Crippen LogP contribution in [0, 0.1) is 17.8 Å². The van der Waals surface area contributed by atoms with Gasteiger partial charge in [0.05, 0.1) is 85.1 Å². The number of carbonyl (C=O) groups excluding carboxylic acids is 4. The van der Waals surface area contributed by atoms with Crippen molar-refractivity contribution in [1.29, 1.82) is 0 Å². The Kier molecular flexibility index (Phi) is 29.9. The van der Waals surface area contributed by atoms with Crippen LogP contribution in [0.25, 0.3) is 16.0 Å². The second-order valence-corrected chi connectivity index (χ2v) is 35.1. The number of aryl methyl sites for hydroxylation is 1. The number of anilines is 2. The van der Waals surface area contributed by atoms with Crippen LogP contribution in [0.15, 0.2) is 147 Å². The van der Waals surface area contributed by atoms with Gasteiger partial charge in [-0.1, -0.05) is 106 Å². The molecule has 22 nitrogen and oxygen atoms in total. The smallest absolute Gasteiger partial charge is 0.391 e. The van der Waals surface area contributed by atoms with Crippen molar-refractivity contribution >= 4 is 95.1 Å². The largest absolute Gasteiger partial charge is 0.501 e. The molecule has 2 saturated heterocycles. The summed E-state index contributed by atoms with van der Waals surface area (Å²) in [5.74, 6) is -2.25. The fraction of sp³-hybridized carbons (Fsp3) is 0.494. The lowest BCUT2D eigenvalue weighted by atomic mass is 9.73. The zero-order valence-corrected chi connectivity index (χ0v) is 65.8. The van der Waals surface area contributed by atoms with E-state index >= 15 is 0 Å². The number of hydrogen-bond donors (Lipinski definition) is 5. The first kappa shape index (κ1) is 84.0. The minimum atomic E-state index is -6.16. The number of β-amino-alcohol motifs (C(OH)–C–C–N with tert-alkyl or cyclic N) is 1. The molecular weight excluding hydrogens is 1480 g/mol. The van der Waals surface area contributed by atoms with Crippen molar-refractivity contribution in [2.45, 2.75) is 131 Å². The molecule has 9 rings (SSSR count). The number of nitrogens with zero attached hydrogens (tertiary/aromatic N) is 5. The lowest BCUT2D eigenvalue weighted by molar-refractivity contribution is -0.144. The van der Waals surface area contributed by atoms with Crippen molar-refractivity contribution in [3.05, 3.63) is 160 Å². The van der Waals surface area contributed by atoms with Crippen molar-refractivity contribution < 1.29 is 73.2 Å². The third-order valence-electron chi connectivity index (χ3n) is 19.2. The molecule has 0 spiro atoms. The topological polar surface area (TPSA) is 268 Å². The molecular formula is C77H99ClF3N9O13S4. The Morgan fingerprint density at radius 1 is 0.804 bits per heavy atom. The Balaban J connectivity index is 0.684. The maximum Gasteiger partial charge on any atom is 0.501 e. The number of likely N-dealkylation sites (tertiary alicyclic amines) is 1. The van der Waals surface area contributed by atoms with Crippen LogP contribution in [0.2, 0.25) is 5.02 Å². The summed E-state index contributed by atoms with van der Waals surface area (Å²) in [6, 6.07) is 30.7. The number of aromatic nitrogens is 1. The zero-order chi connectivity index (χ0) is 77.3. The summed E-state index contributed by atoms with van der Waals surface area (Å²) in [6.45, 7) is 19.5. The molecule has 0 radical (unpaired) electrons. The monoisotopic (exact) mass is 1580 g/mol. The maximum absolute atomic E-state index is 14.5. The molecule has 3 aliphatic rings. The maximum atomic E-state index is 14.5. The zero-order valence-electron chi connectivity index (χ0n) is 61.8. The van der Waals surface area contributed by atoms with E-state index < -0.39 is 100 Å². The molecule has 3 heterocycles. The number of thioether (sulfide) groups is 1. The number of likely N-dealkylation sites (N-methyl/N-ethyl adjacent to an activating group) is 1. The number of amides is 4. The molecule has 4 amide bonds. The van der Waals surface area contributed by atoms with Gasteiger partial charge in [0.15, 0.2) is 0 Å². The molecule has 2 aliphatic heterocycles. The number of sulfone groups is 1. The second kappa shape index (κ2) is 38.1. The van der Waals surface area contributed by atoms with E-state index in [1.165, 1.54) is 45.5 Å². The van der Waals surface area contributed by atoms with Crippen LogP contribution in [0.5, 0.6) is 0 Å². The van der Waals surface area contributed by atoms with Crippen molar-refractivity contribution in [2.24, 2.45) is 10.8 Å². The van der Waals surface area contributed by atoms with Crippen LogP contribution in [0.3, 0.4) is 0 Å². The minimum Gasteiger partial charge on any atom is -0.391 e. The Morgan fingerprint density at radius 2 is 1.44 bits per heavy atom. The molecule has 107 heavy (non-hydrogen) atoms. The number of nitrogens with one attached hydrogen (secondary N) is 4. The fourth-order valence-corrected chi connectivity index (χ4v) is 17.0. The minimum absolute atomic E-state index is 0.0385. The highest BCUT2D eigenvalue weighted by Crippen LogP contribution is 2.44. The highest BCUT2D eigenvalue weighted by atomic mass is 35.5. The van der Waals surface area contributed by atoms with Gasteiger partial charge < -0.3 is 54.7 Å². The number of carbonyl (C=O) groups is 4. The third kappa shape index (κ3) is 24.0. The lowest BCUT2D eigenvalue weighted by Gasteiger charge is -2.39. The van der Waals surface area contributed by atoms with Gasteiger partial charge in [0.2, 0.25) is 17.7 Å². The summed E-state index contributed by atoms with van der Waals surface area (Å²) < 4.78 is 122. The molecule has 6 aromatic rings.